The van der Waals surface area contributed by atoms with Crippen molar-refractivity contribution in [1.29, 1.82) is 0 Å². The van der Waals surface area contributed by atoms with E-state index < -0.39 is 78.9 Å². The summed E-state index contributed by atoms with van der Waals surface area (Å²) in [5, 5.41) is 51.1. The molecule has 0 saturated carbocycles. The molecule has 1 heterocycles. The highest BCUT2D eigenvalue weighted by Crippen LogP contribution is 2.38. The van der Waals surface area contributed by atoms with E-state index >= 15 is 0 Å². The van der Waals surface area contributed by atoms with Crippen LogP contribution < -0.4 is 21.3 Å². The van der Waals surface area contributed by atoms with Crippen LogP contribution in [0.4, 0.5) is 0 Å². The largest absolute Gasteiger partial charge is 0.507 e. The normalized spacial score (nSPS) is 17.8. The van der Waals surface area contributed by atoms with Gasteiger partial charge in [0.25, 0.3) is 0 Å². The first-order chi connectivity index (χ1) is 27.4. The molecule has 0 radical (unpaired) electrons. The highest BCUT2D eigenvalue weighted by Gasteiger charge is 2.34. The van der Waals surface area contributed by atoms with Crippen molar-refractivity contribution in [3.63, 3.8) is 0 Å². The summed E-state index contributed by atoms with van der Waals surface area (Å²) in [7, 11) is 2.68. The van der Waals surface area contributed by atoms with Gasteiger partial charge in [0.2, 0.25) is 35.4 Å². The summed E-state index contributed by atoms with van der Waals surface area (Å²) in [5.41, 5.74) is 0.720. The molecule has 0 aliphatic carbocycles. The fraction of sp³-hybridized carbons (Fsp3) is 0.537. The third-order valence-electron chi connectivity index (χ3n) is 10.2. The molecular formula is C41H58N6O11. The Kier molecular flexibility index (Phi) is 17.5. The first-order valence-electron chi connectivity index (χ1n) is 19.5. The third-order valence-corrected chi connectivity index (χ3v) is 10.2. The number of phenols is 2. The molecule has 0 aromatic heterocycles. The molecule has 4 bridgehead atoms. The van der Waals surface area contributed by atoms with Gasteiger partial charge in [0.15, 0.2) is 0 Å². The van der Waals surface area contributed by atoms with Crippen molar-refractivity contribution in [2.45, 2.75) is 109 Å². The Morgan fingerprint density at radius 3 is 2.09 bits per heavy atom. The molecule has 1 aliphatic heterocycles. The molecule has 58 heavy (non-hydrogen) atoms. The number of hydrogen-bond donors (Lipinski definition) is 8. The monoisotopic (exact) mass is 810 g/mol. The van der Waals surface area contributed by atoms with Gasteiger partial charge in [0, 0.05) is 38.1 Å². The average molecular weight is 811 g/mol. The van der Waals surface area contributed by atoms with Gasteiger partial charge in [-0.1, -0.05) is 58.1 Å². The SMILES string of the molecule is CC(C)CCCCCCCC(=O)N(C)[C@H](CO)C(=O)N[C@H](C)C(=O)NCC(=O)N(C)[C@H]1C(=O)N[C@@H](C)C(=O)N[C@H](C(=O)O)Cc2ccc(O)c(c2)-c2cc1ccc2O. The topological polar surface area (TPSA) is 255 Å². The first-order valence-corrected chi connectivity index (χ1v) is 19.5. The average Bonchev–Trinajstić information content (AvgIpc) is 3.16. The molecule has 8 N–H and O–H groups in total. The number of fused-ring (bicyclic) bond motifs is 5. The number of phenolic OH excluding ortho intramolecular Hbond substituents is 2. The Balaban J connectivity index is 1.72. The zero-order chi connectivity index (χ0) is 43.3. The van der Waals surface area contributed by atoms with Gasteiger partial charge in [0.1, 0.15) is 41.7 Å². The number of aliphatic hydroxyl groups excluding tert-OH is 1. The Bertz CT molecular complexity index is 1820. The van der Waals surface area contributed by atoms with Crippen molar-refractivity contribution in [1.82, 2.24) is 31.1 Å². The number of carbonyl (C=O) groups is 7. The number of aromatic hydroxyl groups is 2. The van der Waals surface area contributed by atoms with Gasteiger partial charge in [-0.2, -0.15) is 0 Å². The summed E-state index contributed by atoms with van der Waals surface area (Å²) in [6, 6.07) is 1.61. The fourth-order valence-electron chi connectivity index (χ4n) is 6.56. The van der Waals surface area contributed by atoms with E-state index in [9.17, 15) is 54.0 Å². The summed E-state index contributed by atoms with van der Waals surface area (Å²) in [6.45, 7) is 5.71. The van der Waals surface area contributed by atoms with Crippen LogP contribution in [-0.4, -0.2) is 123 Å². The van der Waals surface area contributed by atoms with E-state index in [-0.39, 0.29) is 46.9 Å². The number of carboxylic acids is 1. The second kappa shape index (κ2) is 21.7. The standard InChI is InChI=1S/C41H58N6O11/c1-23(2)12-10-8-7-9-11-13-34(51)46(5)31(22-48)39(55)43-24(3)37(53)42-21-35(52)47(6)36-27-15-17-33(50)29(20-27)28-18-26(14-16-32(28)49)19-30(41(57)58)45-38(54)25(4)44-40(36)56/h14-18,20,23-25,30-31,36,48-50H,7-13,19,21-22H2,1-6H3,(H,42,53)(H,43,55)(H,44,56)(H,45,54)(H,57,58)/t24-,25+,30+,31-,36-/m1/s1. The molecule has 6 amide bonds. The number of unbranched alkanes of at least 4 members (excludes halogenated alkanes) is 4. The lowest BCUT2D eigenvalue weighted by Gasteiger charge is -2.30. The predicted molar refractivity (Wildman–Crippen MR) is 213 cm³/mol. The molecule has 318 valence electrons. The van der Waals surface area contributed by atoms with Crippen molar-refractivity contribution in [3.8, 4) is 22.6 Å². The van der Waals surface area contributed by atoms with Gasteiger partial charge in [-0.05, 0) is 61.6 Å². The number of nitrogens with one attached hydrogen (secondary N) is 4. The summed E-state index contributed by atoms with van der Waals surface area (Å²) in [4.78, 5) is 93.6. The van der Waals surface area contributed by atoms with Gasteiger partial charge in [-0.15, -0.1) is 0 Å². The van der Waals surface area contributed by atoms with E-state index in [4.69, 9.17) is 0 Å². The molecule has 2 aromatic carbocycles. The van der Waals surface area contributed by atoms with Crippen LogP contribution in [0.5, 0.6) is 11.5 Å². The second-order valence-corrected chi connectivity index (χ2v) is 15.2. The predicted octanol–water partition coefficient (Wildman–Crippen LogP) is 1.72. The van der Waals surface area contributed by atoms with Crippen LogP contribution in [0.25, 0.3) is 11.1 Å². The van der Waals surface area contributed by atoms with E-state index in [1.54, 1.807) is 0 Å². The van der Waals surface area contributed by atoms with E-state index in [0.717, 1.165) is 41.9 Å². The van der Waals surface area contributed by atoms with E-state index in [1.165, 1.54) is 64.3 Å². The number of carbonyl (C=O) groups excluding carboxylic acids is 6. The lowest BCUT2D eigenvalue weighted by atomic mass is 9.94. The number of likely N-dealkylation sites (N-methyl/N-ethyl adjacent to an activating group) is 2. The number of aliphatic hydroxyl groups is 1. The summed E-state index contributed by atoms with van der Waals surface area (Å²) < 4.78 is 0. The fourth-order valence-corrected chi connectivity index (χ4v) is 6.56. The molecule has 2 aromatic rings. The molecule has 17 heteroatoms. The summed E-state index contributed by atoms with van der Waals surface area (Å²) in [6.07, 6.45) is 5.90. The van der Waals surface area contributed by atoms with Crippen LogP contribution in [0.1, 0.15) is 89.8 Å². The van der Waals surface area contributed by atoms with Crippen LogP contribution in [0.2, 0.25) is 0 Å². The van der Waals surface area contributed by atoms with Crippen LogP contribution in [0.3, 0.4) is 0 Å². The number of nitrogens with zero attached hydrogens (tertiary/aromatic N) is 2. The highest BCUT2D eigenvalue weighted by molar-refractivity contribution is 5.96. The maximum absolute atomic E-state index is 13.8. The van der Waals surface area contributed by atoms with E-state index in [0.29, 0.717) is 17.9 Å². The molecular weight excluding hydrogens is 752 g/mol. The van der Waals surface area contributed by atoms with Crippen LogP contribution in [0, 0.1) is 5.92 Å². The minimum Gasteiger partial charge on any atom is -0.507 e. The Morgan fingerprint density at radius 1 is 0.828 bits per heavy atom. The highest BCUT2D eigenvalue weighted by atomic mass is 16.4. The van der Waals surface area contributed by atoms with Gasteiger partial charge in [0.05, 0.1) is 13.2 Å². The molecule has 0 saturated heterocycles. The molecule has 0 fully saturated rings. The molecule has 1 aliphatic rings. The first kappa shape index (κ1) is 46.7. The molecule has 5 atom stereocenters. The Labute approximate surface area is 338 Å². The summed E-state index contributed by atoms with van der Waals surface area (Å²) in [5.74, 6) is -5.61. The number of rotatable bonds is 17. The zero-order valence-electron chi connectivity index (χ0n) is 34.0. The van der Waals surface area contributed by atoms with Crippen molar-refractivity contribution < 1.29 is 54.0 Å². The zero-order valence-corrected chi connectivity index (χ0v) is 34.0. The number of carboxylic acid groups (broad SMARTS) is 1. The minimum absolute atomic E-state index is 0.0652. The summed E-state index contributed by atoms with van der Waals surface area (Å²) >= 11 is 0. The maximum Gasteiger partial charge on any atom is 0.326 e. The maximum atomic E-state index is 13.8. The quantitative estimate of drug-likeness (QED) is 0.107. The van der Waals surface area contributed by atoms with Gasteiger partial charge >= 0.3 is 5.97 Å². The number of benzene rings is 2. The Hall–Kier alpha value is -5.71. The number of aliphatic carboxylic acids is 1. The lowest BCUT2D eigenvalue weighted by Crippen LogP contribution is -2.55. The van der Waals surface area contributed by atoms with Crippen molar-refractivity contribution in [2.75, 3.05) is 27.2 Å². The van der Waals surface area contributed by atoms with Crippen LogP contribution >= 0.6 is 0 Å². The Morgan fingerprint density at radius 2 is 1.45 bits per heavy atom. The van der Waals surface area contributed by atoms with Gasteiger partial charge < -0.3 is 51.5 Å². The van der Waals surface area contributed by atoms with Gasteiger partial charge in [-0.3, -0.25) is 28.8 Å². The van der Waals surface area contributed by atoms with Crippen molar-refractivity contribution in [3.05, 3.63) is 47.5 Å². The second-order valence-electron chi connectivity index (χ2n) is 15.2. The van der Waals surface area contributed by atoms with Crippen LogP contribution in [-0.2, 0) is 40.0 Å². The number of hydrogen-bond acceptors (Lipinski definition) is 10. The molecule has 0 spiro atoms. The molecule has 3 rings (SSSR count). The van der Waals surface area contributed by atoms with E-state index in [1.807, 2.05) is 0 Å². The smallest absolute Gasteiger partial charge is 0.326 e. The van der Waals surface area contributed by atoms with Crippen molar-refractivity contribution >= 4 is 41.4 Å². The third kappa shape index (κ3) is 12.9. The van der Waals surface area contributed by atoms with Gasteiger partial charge in [-0.25, -0.2) is 4.79 Å². The van der Waals surface area contributed by atoms with Crippen molar-refractivity contribution in [2.24, 2.45) is 5.92 Å². The molecule has 17 nitrogen and oxygen atoms in total. The minimum atomic E-state index is -1.47. The lowest BCUT2D eigenvalue weighted by molar-refractivity contribution is -0.143. The van der Waals surface area contributed by atoms with E-state index in [2.05, 4.69) is 35.1 Å². The number of amides is 6. The molecule has 0 unspecified atom stereocenters. The van der Waals surface area contributed by atoms with Crippen LogP contribution in [0.15, 0.2) is 36.4 Å².